The first kappa shape index (κ1) is 11.0. The summed E-state index contributed by atoms with van der Waals surface area (Å²) in [5.41, 5.74) is 5.98. The molecule has 0 aliphatic carbocycles. The van der Waals surface area contributed by atoms with Gasteiger partial charge in [-0.15, -0.1) is 0 Å². The van der Waals surface area contributed by atoms with Gasteiger partial charge < -0.3 is 15.7 Å². The van der Waals surface area contributed by atoms with Crippen LogP contribution in [0.2, 0.25) is 0 Å². The molecule has 1 fully saturated rings. The molecule has 2 atom stereocenters. The normalized spacial score (nSPS) is 30.7. The minimum Gasteiger partial charge on any atom is -0.396 e. The number of unbranched alkanes of at least 4 members (excludes halogenated alkanes) is 1. The van der Waals surface area contributed by atoms with Crippen molar-refractivity contribution in [1.29, 1.82) is 0 Å². The molecule has 1 saturated heterocycles. The number of hydrogen-bond acceptors (Lipinski definition) is 3. The minimum atomic E-state index is 0.316. The van der Waals surface area contributed by atoms with E-state index in [-0.39, 0.29) is 0 Å². The van der Waals surface area contributed by atoms with E-state index in [1.807, 2.05) is 0 Å². The van der Waals surface area contributed by atoms with Crippen molar-refractivity contribution in [2.45, 2.75) is 32.2 Å². The Balaban J connectivity index is 2.14. The van der Waals surface area contributed by atoms with Gasteiger partial charge >= 0.3 is 0 Å². The van der Waals surface area contributed by atoms with Crippen molar-refractivity contribution in [3.05, 3.63) is 0 Å². The number of piperidine rings is 1. The van der Waals surface area contributed by atoms with Crippen LogP contribution in [0.5, 0.6) is 0 Å². The van der Waals surface area contributed by atoms with Crippen LogP contribution >= 0.6 is 0 Å². The Morgan fingerprint density at radius 3 is 2.85 bits per heavy atom. The van der Waals surface area contributed by atoms with Gasteiger partial charge in [0.1, 0.15) is 0 Å². The van der Waals surface area contributed by atoms with E-state index in [1.54, 1.807) is 0 Å². The van der Waals surface area contributed by atoms with Crippen molar-refractivity contribution in [2.75, 3.05) is 26.2 Å². The number of hydrogen-bond donors (Lipinski definition) is 2. The van der Waals surface area contributed by atoms with Crippen molar-refractivity contribution >= 4 is 0 Å². The van der Waals surface area contributed by atoms with Gasteiger partial charge in [0.15, 0.2) is 0 Å². The largest absolute Gasteiger partial charge is 0.396 e. The van der Waals surface area contributed by atoms with E-state index in [9.17, 15) is 0 Å². The third kappa shape index (κ3) is 3.63. The Morgan fingerprint density at radius 1 is 1.46 bits per heavy atom. The maximum absolute atomic E-state index is 8.65. The van der Waals surface area contributed by atoms with Gasteiger partial charge in [0, 0.05) is 19.2 Å². The van der Waals surface area contributed by atoms with Gasteiger partial charge in [-0.05, 0) is 38.3 Å². The fraction of sp³-hybridized carbons (Fsp3) is 1.00. The molecule has 0 bridgehead atoms. The molecular weight excluding hydrogens is 164 g/mol. The molecule has 0 radical (unpaired) electrons. The fourth-order valence-corrected chi connectivity index (χ4v) is 1.82. The van der Waals surface area contributed by atoms with Gasteiger partial charge in [-0.2, -0.15) is 0 Å². The van der Waals surface area contributed by atoms with Gasteiger partial charge in [0.05, 0.1) is 0 Å². The lowest BCUT2D eigenvalue weighted by atomic mass is 9.94. The fourth-order valence-electron chi connectivity index (χ4n) is 1.82. The molecule has 1 rings (SSSR count). The zero-order valence-electron chi connectivity index (χ0n) is 8.58. The maximum atomic E-state index is 8.65. The second-order valence-corrected chi connectivity index (χ2v) is 4.16. The molecule has 1 aliphatic rings. The molecule has 3 N–H and O–H groups in total. The van der Waals surface area contributed by atoms with Crippen LogP contribution in [0.25, 0.3) is 0 Å². The number of rotatable bonds is 4. The quantitative estimate of drug-likeness (QED) is 0.626. The van der Waals surface area contributed by atoms with Crippen molar-refractivity contribution in [3.8, 4) is 0 Å². The van der Waals surface area contributed by atoms with Crippen molar-refractivity contribution < 1.29 is 5.11 Å². The second kappa shape index (κ2) is 5.58. The minimum absolute atomic E-state index is 0.316. The lowest BCUT2D eigenvalue weighted by Gasteiger charge is -2.34. The Kier molecular flexibility index (Phi) is 4.70. The van der Waals surface area contributed by atoms with Crippen LogP contribution < -0.4 is 5.73 Å². The van der Waals surface area contributed by atoms with Gasteiger partial charge in [-0.1, -0.05) is 6.92 Å². The van der Waals surface area contributed by atoms with Crippen LogP contribution in [-0.4, -0.2) is 42.3 Å². The number of aliphatic hydroxyl groups excluding tert-OH is 1. The smallest absolute Gasteiger partial charge is 0.0431 e. The Bertz CT molecular complexity index is 141. The molecule has 1 aliphatic heterocycles. The van der Waals surface area contributed by atoms with Crippen LogP contribution in [0, 0.1) is 5.92 Å². The third-order valence-corrected chi connectivity index (χ3v) is 2.98. The number of likely N-dealkylation sites (tertiary alicyclic amines) is 1. The predicted octanol–water partition coefficient (Wildman–Crippen LogP) is 0.428. The molecule has 3 nitrogen and oxygen atoms in total. The molecule has 3 heteroatoms. The summed E-state index contributed by atoms with van der Waals surface area (Å²) in [5.74, 6) is 0.675. The molecular formula is C10H22N2O. The van der Waals surface area contributed by atoms with Gasteiger partial charge in [-0.3, -0.25) is 0 Å². The van der Waals surface area contributed by atoms with Crippen LogP contribution in [0.1, 0.15) is 26.2 Å². The molecule has 0 saturated carbocycles. The van der Waals surface area contributed by atoms with Crippen LogP contribution in [0.15, 0.2) is 0 Å². The summed E-state index contributed by atoms with van der Waals surface area (Å²) >= 11 is 0. The first-order chi connectivity index (χ1) is 6.24. The highest BCUT2D eigenvalue weighted by Gasteiger charge is 2.22. The second-order valence-electron chi connectivity index (χ2n) is 4.16. The van der Waals surface area contributed by atoms with E-state index in [1.165, 1.54) is 13.0 Å². The summed E-state index contributed by atoms with van der Waals surface area (Å²) in [7, 11) is 0. The molecule has 0 spiro atoms. The first-order valence-electron chi connectivity index (χ1n) is 5.33. The van der Waals surface area contributed by atoms with E-state index >= 15 is 0 Å². The Hall–Kier alpha value is -0.120. The van der Waals surface area contributed by atoms with Crippen LogP contribution in [0.4, 0.5) is 0 Å². The average molecular weight is 186 g/mol. The molecule has 78 valence electrons. The predicted molar refractivity (Wildman–Crippen MR) is 54.5 cm³/mol. The van der Waals surface area contributed by atoms with Crippen LogP contribution in [0.3, 0.4) is 0 Å². The summed E-state index contributed by atoms with van der Waals surface area (Å²) < 4.78 is 0. The highest BCUT2D eigenvalue weighted by molar-refractivity contribution is 4.80. The highest BCUT2D eigenvalue weighted by Crippen LogP contribution is 2.15. The summed E-state index contributed by atoms with van der Waals surface area (Å²) in [4.78, 5) is 2.42. The van der Waals surface area contributed by atoms with Gasteiger partial charge in [0.2, 0.25) is 0 Å². The van der Waals surface area contributed by atoms with E-state index in [2.05, 4.69) is 11.8 Å². The Labute approximate surface area is 80.9 Å². The number of nitrogens with two attached hydrogens (primary N) is 1. The lowest BCUT2D eigenvalue weighted by molar-refractivity contribution is 0.162. The molecule has 2 unspecified atom stereocenters. The number of nitrogens with zero attached hydrogens (tertiary/aromatic N) is 1. The molecule has 0 amide bonds. The summed E-state index contributed by atoms with van der Waals surface area (Å²) in [6.07, 6.45) is 3.24. The van der Waals surface area contributed by atoms with Gasteiger partial charge in [-0.25, -0.2) is 0 Å². The van der Waals surface area contributed by atoms with Crippen LogP contribution in [-0.2, 0) is 0 Å². The maximum Gasteiger partial charge on any atom is 0.0431 e. The first-order valence-corrected chi connectivity index (χ1v) is 5.33. The molecule has 0 aromatic rings. The van der Waals surface area contributed by atoms with E-state index in [0.717, 1.165) is 25.9 Å². The van der Waals surface area contributed by atoms with Crippen molar-refractivity contribution in [3.63, 3.8) is 0 Å². The molecule has 1 heterocycles. The molecule has 13 heavy (non-hydrogen) atoms. The number of aliphatic hydroxyl groups is 1. The zero-order valence-corrected chi connectivity index (χ0v) is 8.58. The zero-order chi connectivity index (χ0) is 9.68. The standard InChI is InChI=1S/C10H22N2O/c1-9-4-6-12(8-10(9)11)5-2-3-7-13/h9-10,13H,2-8,11H2,1H3. The van der Waals surface area contributed by atoms with Gasteiger partial charge in [0.25, 0.3) is 0 Å². The summed E-state index contributed by atoms with van der Waals surface area (Å²) in [6, 6.07) is 0.350. The van der Waals surface area contributed by atoms with E-state index in [4.69, 9.17) is 10.8 Å². The monoisotopic (exact) mass is 186 g/mol. The highest BCUT2D eigenvalue weighted by atomic mass is 16.2. The van der Waals surface area contributed by atoms with E-state index in [0.29, 0.717) is 18.6 Å². The lowest BCUT2D eigenvalue weighted by Crippen LogP contribution is -2.47. The van der Waals surface area contributed by atoms with Crippen molar-refractivity contribution in [2.24, 2.45) is 11.7 Å². The Morgan fingerprint density at radius 2 is 2.23 bits per heavy atom. The summed E-state index contributed by atoms with van der Waals surface area (Å²) in [5, 5.41) is 8.65. The SMILES string of the molecule is CC1CCN(CCCCO)CC1N. The van der Waals surface area contributed by atoms with Crippen molar-refractivity contribution in [1.82, 2.24) is 4.90 Å². The molecule has 0 aromatic heterocycles. The summed E-state index contributed by atoms with van der Waals surface area (Å²) in [6.45, 7) is 5.86. The van der Waals surface area contributed by atoms with E-state index < -0.39 is 0 Å². The molecule has 0 aromatic carbocycles. The average Bonchev–Trinajstić information content (AvgIpc) is 2.12. The third-order valence-electron chi connectivity index (χ3n) is 2.98. The topological polar surface area (TPSA) is 49.5 Å².